The number of rotatable bonds is 26. The Hall–Kier alpha value is -6.36. The third-order valence-electron chi connectivity index (χ3n) is 27.7. The molecule has 7 aliphatic carbocycles. The molecule has 0 spiro atoms. The minimum atomic E-state index is -2.37. The van der Waals surface area contributed by atoms with Crippen LogP contribution in [0.4, 0.5) is 22.0 Å². The van der Waals surface area contributed by atoms with Crippen LogP contribution in [0.3, 0.4) is 0 Å². The Morgan fingerprint density at radius 1 is 0.393 bits per heavy atom. The maximum absolute atomic E-state index is 13.4. The topological polar surface area (TPSA) is 281 Å². The van der Waals surface area contributed by atoms with Crippen LogP contribution in [0.2, 0.25) is 0 Å². The lowest BCUT2D eigenvalue weighted by Crippen LogP contribution is -2.56. The van der Waals surface area contributed by atoms with E-state index in [1.807, 2.05) is 118 Å². The Kier molecular flexibility index (Phi) is 40.5. The van der Waals surface area contributed by atoms with Crippen molar-refractivity contribution in [1.82, 2.24) is 37.2 Å². The van der Waals surface area contributed by atoms with Crippen LogP contribution in [0.1, 0.15) is 378 Å². The smallest absolute Gasteiger partial charge is 0.313 e. The van der Waals surface area contributed by atoms with E-state index in [2.05, 4.69) is 73.4 Å². The molecule has 0 aromatic heterocycles. The van der Waals surface area contributed by atoms with E-state index in [1.165, 1.54) is 104 Å². The number of unbranched alkanes of at least 4 members (excludes halogenated alkanes) is 2. The number of fused-ring (bicyclic) bond motifs is 2. The van der Waals surface area contributed by atoms with Gasteiger partial charge in [0, 0.05) is 69.5 Å². The molecule has 2 atom stereocenters. The average molecular weight is 1660 g/mol. The van der Waals surface area contributed by atoms with E-state index >= 15 is 0 Å². The van der Waals surface area contributed by atoms with Gasteiger partial charge in [0.15, 0.2) is 28.9 Å². The summed E-state index contributed by atoms with van der Waals surface area (Å²) in [5.74, 6) is -10.8. The van der Waals surface area contributed by atoms with Crippen LogP contribution in [-0.2, 0) is 52.7 Å². The van der Waals surface area contributed by atoms with Crippen molar-refractivity contribution in [3.05, 3.63) is 34.6 Å². The molecule has 24 heteroatoms. The molecule has 1 aromatic rings. The summed E-state index contributed by atoms with van der Waals surface area (Å²) in [6, 6.07) is 0. The van der Waals surface area contributed by atoms with Gasteiger partial charge in [0.25, 0.3) is 11.8 Å². The third kappa shape index (κ3) is 29.2. The lowest BCUT2D eigenvalue weighted by Gasteiger charge is -2.55. The quantitative estimate of drug-likeness (QED) is 0.0150. The van der Waals surface area contributed by atoms with E-state index in [9.17, 15) is 74.7 Å². The Morgan fingerprint density at radius 2 is 0.709 bits per heavy atom. The van der Waals surface area contributed by atoms with Crippen molar-refractivity contribution >= 4 is 65.0 Å². The highest BCUT2D eigenvalue weighted by Gasteiger charge is 2.76. The van der Waals surface area contributed by atoms with Gasteiger partial charge in [-0.3, -0.25) is 68.7 Å². The summed E-state index contributed by atoms with van der Waals surface area (Å²) in [6.45, 7) is 57.5. The molecule has 19 nitrogen and oxygen atoms in total. The van der Waals surface area contributed by atoms with Gasteiger partial charge in [-0.25, -0.2) is 22.0 Å². The molecule has 1 aliphatic heterocycles. The van der Waals surface area contributed by atoms with Crippen molar-refractivity contribution in [2.45, 2.75) is 373 Å². The number of amides is 10. The van der Waals surface area contributed by atoms with Crippen molar-refractivity contribution in [2.75, 3.05) is 26.2 Å². The summed E-state index contributed by atoms with van der Waals surface area (Å²) in [4.78, 5) is 132. The first kappa shape index (κ1) is 107. The Balaban J connectivity index is 0.000000467. The number of hydrogen-bond acceptors (Lipinski definition) is 12. The number of carbonyl (C=O) groups excluding carboxylic acids is 11. The predicted molar refractivity (Wildman–Crippen MR) is 454 cm³/mol. The van der Waals surface area contributed by atoms with Crippen molar-refractivity contribution in [2.24, 2.45) is 89.2 Å². The van der Waals surface area contributed by atoms with E-state index < -0.39 is 85.0 Å². The van der Waals surface area contributed by atoms with E-state index in [1.54, 1.807) is 26.1 Å². The monoisotopic (exact) mass is 1660 g/mol. The predicted octanol–water partition coefficient (Wildman–Crippen LogP) is 19.7. The molecular weight excluding hydrogens is 1500 g/mol. The standard InChI is InChI=1S/C17H27NO2.C16H25NO4.C13H12F5NO2.C13H25NO.C12H23NO.2C11H23NO/c1-4-16(2,3)14(19)18-15(20)17-8-11-5-12(9-17)7-13(6-11)10-17;1-7-13(2,3)10(18)17-11(19)16-9-8-15(6,12(20)21-16)14(16,4)5;1-4-13(2,3)12(21)19-11(20)5-6(14)8(16)10(18)9(17)7(5)15;1-4-13(2,3)12(15)14-10-11-8-6-5-7-9-11;1-4-12(2,3)11(14)13-9-10-7-5-6-8-10;1-7-11(5,6)9(13)12-8-10(2,3)4;1-5-7-8-9-12-10(13)11(3,4)6-2/h11-13H,4-10H2,1-3H3,(H,18,19,20);7-9H2,1-6H3,(H,17,18,19);4H2,1-3H3,(H,19,20,21);11H,4-10H2,1-3H3,(H,14,15);10H,4-9H2,1-3H3,(H,13,14);7-8H2,1-6H3,(H,12,13);5-9H2,1-4H3,(H,12,13). The van der Waals surface area contributed by atoms with Crippen LogP contribution < -0.4 is 37.2 Å². The summed E-state index contributed by atoms with van der Waals surface area (Å²) in [6.07, 6.45) is 28.8. The summed E-state index contributed by atoms with van der Waals surface area (Å²) >= 11 is 0. The molecule has 1 aromatic carbocycles. The van der Waals surface area contributed by atoms with Crippen LogP contribution in [0.25, 0.3) is 0 Å². The van der Waals surface area contributed by atoms with Crippen LogP contribution in [0, 0.1) is 118 Å². The zero-order valence-electron chi connectivity index (χ0n) is 77.6. The Morgan fingerprint density at radius 3 is 1.03 bits per heavy atom. The fraction of sp³-hybridized carbons (Fsp3) is 0.817. The number of ether oxygens (including phenoxy) is 1. The first-order valence-electron chi connectivity index (χ1n) is 44.1. The van der Waals surface area contributed by atoms with Gasteiger partial charge in [-0.1, -0.05) is 232 Å². The third-order valence-corrected chi connectivity index (χ3v) is 27.7. The maximum atomic E-state index is 13.4. The number of nitrogens with one attached hydrogen (secondary N) is 7. The highest BCUT2D eigenvalue weighted by molar-refractivity contribution is 6.07. The van der Waals surface area contributed by atoms with Crippen LogP contribution in [0.5, 0.6) is 0 Å². The molecule has 1 heterocycles. The molecule has 10 amide bonds. The lowest BCUT2D eigenvalue weighted by molar-refractivity contribution is -0.169. The average Bonchev–Trinajstić information content (AvgIpc) is 1.52. The second-order valence-corrected chi connectivity index (χ2v) is 41.1. The normalized spacial score (nSPS) is 22.1. The molecule has 2 unspecified atom stereocenters. The zero-order valence-corrected chi connectivity index (χ0v) is 77.6. The second kappa shape index (κ2) is 44.4. The molecule has 0 radical (unpaired) electrons. The number of esters is 1. The Labute approximate surface area is 701 Å². The number of halogens is 5. The first-order valence-corrected chi connectivity index (χ1v) is 44.1. The Bertz CT molecular complexity index is 3460. The second-order valence-electron chi connectivity index (χ2n) is 41.1. The molecule has 9 rings (SSSR count). The van der Waals surface area contributed by atoms with Crippen molar-refractivity contribution in [3.8, 4) is 0 Å². The molecule has 1 saturated heterocycles. The minimum absolute atomic E-state index is 0.0307. The van der Waals surface area contributed by atoms with Crippen LogP contribution in [0.15, 0.2) is 0 Å². The van der Waals surface area contributed by atoms with Crippen molar-refractivity contribution in [3.63, 3.8) is 0 Å². The fourth-order valence-corrected chi connectivity index (χ4v) is 15.1. The van der Waals surface area contributed by atoms with E-state index in [0.29, 0.717) is 25.7 Å². The van der Waals surface area contributed by atoms with Gasteiger partial charge in [-0.2, -0.15) is 0 Å². The molecule has 672 valence electrons. The van der Waals surface area contributed by atoms with Gasteiger partial charge in [-0.05, 0) is 170 Å². The largest absolute Gasteiger partial charge is 0.448 e. The minimum Gasteiger partial charge on any atom is -0.448 e. The molecular formula is C93H158F5N7O12. The van der Waals surface area contributed by atoms with Crippen LogP contribution >= 0.6 is 0 Å². The summed E-state index contributed by atoms with van der Waals surface area (Å²) in [5.41, 5.74) is -7.19. The number of benzene rings is 1. The SMILES string of the molecule is CCC(C)(C)C(=O)NC(=O)C12CC3CC(CC(C3)C1)C2.CCC(C)(C)C(=O)NC(=O)C12CCC(C)(C(=O)O1)C2(C)C.CCC(C)(C)C(=O)NC(=O)c1c(F)c(F)c(F)c(F)c1F.CCC(C)(C)C(=O)NCC(C)(C)C.CCC(C)(C)C(=O)NCC1CCCC1.CCC(C)(C)C(=O)NCC1CCCCC1.CCCCCNC(=O)C(C)(C)CC. The first-order chi connectivity index (χ1) is 53.7. The van der Waals surface area contributed by atoms with Gasteiger partial charge in [0.1, 0.15) is 5.56 Å². The van der Waals surface area contributed by atoms with E-state index in [-0.39, 0.29) is 79.8 Å². The molecule has 6 bridgehead atoms. The van der Waals surface area contributed by atoms with E-state index in [0.717, 1.165) is 114 Å². The van der Waals surface area contributed by atoms with Gasteiger partial charge in [-0.15, -0.1) is 0 Å². The number of hydrogen-bond donors (Lipinski definition) is 7. The van der Waals surface area contributed by atoms with Crippen LogP contribution in [-0.4, -0.2) is 96.8 Å². The zero-order chi connectivity index (χ0) is 90.3. The number of imide groups is 3. The highest BCUT2D eigenvalue weighted by atomic mass is 19.2. The van der Waals surface area contributed by atoms with Gasteiger partial charge < -0.3 is 26.0 Å². The van der Waals surface area contributed by atoms with Crippen molar-refractivity contribution in [1.29, 1.82) is 0 Å². The fourth-order valence-electron chi connectivity index (χ4n) is 15.1. The summed E-state index contributed by atoms with van der Waals surface area (Å²) in [5, 5.41) is 19.0. The van der Waals surface area contributed by atoms with Crippen molar-refractivity contribution < 1.29 is 79.4 Å². The molecule has 117 heavy (non-hydrogen) atoms. The molecule has 7 N–H and O–H groups in total. The highest BCUT2D eigenvalue weighted by Crippen LogP contribution is 2.66. The maximum Gasteiger partial charge on any atom is 0.313 e. The molecule has 8 fully saturated rings. The van der Waals surface area contributed by atoms with Gasteiger partial charge >= 0.3 is 5.97 Å². The lowest BCUT2D eigenvalue weighted by atomic mass is 9.49. The summed E-state index contributed by atoms with van der Waals surface area (Å²) < 4.78 is 71.0. The van der Waals surface area contributed by atoms with Gasteiger partial charge in [0.05, 0.1) is 10.8 Å². The van der Waals surface area contributed by atoms with Gasteiger partial charge in [0.2, 0.25) is 53.1 Å². The molecule has 8 aliphatic rings. The molecule has 7 saturated carbocycles. The summed E-state index contributed by atoms with van der Waals surface area (Å²) in [7, 11) is 0. The van der Waals surface area contributed by atoms with E-state index in [4.69, 9.17) is 4.74 Å². The number of carbonyl (C=O) groups is 11.